The molecule has 0 amide bonds. The van der Waals surface area contributed by atoms with Crippen molar-refractivity contribution in [3.05, 3.63) is 23.8 Å². The van der Waals surface area contributed by atoms with E-state index < -0.39 is 0 Å². The summed E-state index contributed by atoms with van der Waals surface area (Å²) in [7, 11) is 1.43. The first-order valence-electron chi connectivity index (χ1n) is 7.28. The van der Waals surface area contributed by atoms with Gasteiger partial charge in [0, 0.05) is 6.54 Å². The highest BCUT2D eigenvalue weighted by Gasteiger charge is 2.37. The van der Waals surface area contributed by atoms with Crippen molar-refractivity contribution in [2.24, 2.45) is 5.73 Å². The first-order valence-corrected chi connectivity index (χ1v) is 7.28. The number of esters is 1. The van der Waals surface area contributed by atoms with Crippen molar-refractivity contribution in [3.63, 3.8) is 0 Å². The molecule has 0 bridgehead atoms. The molecule has 0 fully saturated rings. The topological polar surface area (TPSA) is 64.8 Å². The minimum absolute atomic E-state index is 0.218. The highest BCUT2D eigenvalue weighted by molar-refractivity contribution is 5.81. The molecule has 0 aliphatic carbocycles. The van der Waals surface area contributed by atoms with E-state index in [-0.39, 0.29) is 17.6 Å². The van der Waals surface area contributed by atoms with E-state index in [1.165, 1.54) is 7.11 Å². The van der Waals surface area contributed by atoms with Crippen molar-refractivity contribution in [2.75, 3.05) is 18.6 Å². The number of methoxy groups -OCH3 is 1. The first-order chi connectivity index (χ1) is 9.91. The summed E-state index contributed by atoms with van der Waals surface area (Å²) in [5.74, 6) is 0.556. The molecule has 21 heavy (non-hydrogen) atoms. The van der Waals surface area contributed by atoms with Crippen LogP contribution >= 0.6 is 0 Å². The number of hydrogen-bond donors (Lipinski definition) is 1. The van der Waals surface area contributed by atoms with Crippen molar-refractivity contribution in [1.29, 1.82) is 0 Å². The summed E-state index contributed by atoms with van der Waals surface area (Å²) in [6.07, 6.45) is 0.681. The van der Waals surface area contributed by atoms with Gasteiger partial charge in [-0.05, 0) is 38.0 Å². The molecule has 5 heteroatoms. The van der Waals surface area contributed by atoms with Gasteiger partial charge in [-0.3, -0.25) is 0 Å². The summed E-state index contributed by atoms with van der Waals surface area (Å²) >= 11 is 0. The normalized spacial score (nSPS) is 17.7. The molecular weight excluding hydrogens is 268 g/mol. The van der Waals surface area contributed by atoms with Gasteiger partial charge in [0.2, 0.25) is 0 Å². The molecule has 5 nitrogen and oxygen atoms in total. The third-order valence-corrected chi connectivity index (χ3v) is 3.74. The van der Waals surface area contributed by atoms with Crippen LogP contribution in [0.15, 0.2) is 18.2 Å². The standard InChI is InChI=1S/C16H24N2O3/c1-5-12(15(19)20-4)18-10-16(2,3)21-14-8-11(9-17)6-7-13(14)18/h6-8,12H,5,9-10,17H2,1-4H3. The Bertz CT molecular complexity index is 528. The van der Waals surface area contributed by atoms with Gasteiger partial charge in [-0.1, -0.05) is 13.0 Å². The Balaban J connectivity index is 2.45. The van der Waals surface area contributed by atoms with Gasteiger partial charge >= 0.3 is 5.97 Å². The lowest BCUT2D eigenvalue weighted by Gasteiger charge is -2.43. The van der Waals surface area contributed by atoms with Gasteiger partial charge in [-0.2, -0.15) is 0 Å². The van der Waals surface area contributed by atoms with Crippen LogP contribution in [-0.2, 0) is 16.1 Å². The average Bonchev–Trinajstić information content (AvgIpc) is 2.45. The fourth-order valence-corrected chi connectivity index (χ4v) is 2.76. The summed E-state index contributed by atoms with van der Waals surface area (Å²) in [6.45, 7) is 7.11. The van der Waals surface area contributed by atoms with Crippen LogP contribution in [-0.4, -0.2) is 31.3 Å². The second-order valence-electron chi connectivity index (χ2n) is 5.94. The Morgan fingerprint density at radius 3 is 2.81 bits per heavy atom. The van der Waals surface area contributed by atoms with Crippen LogP contribution in [0.5, 0.6) is 5.75 Å². The lowest BCUT2D eigenvalue weighted by Crippen LogP contribution is -2.53. The molecule has 0 saturated heterocycles. The minimum Gasteiger partial charge on any atom is -0.484 e. The summed E-state index contributed by atoms with van der Waals surface area (Å²) < 4.78 is 11.0. The van der Waals surface area contributed by atoms with E-state index in [1.807, 2.05) is 39.0 Å². The molecule has 1 unspecified atom stereocenters. The zero-order valence-corrected chi connectivity index (χ0v) is 13.2. The fourth-order valence-electron chi connectivity index (χ4n) is 2.76. The number of carbonyl (C=O) groups is 1. The van der Waals surface area contributed by atoms with Gasteiger partial charge in [0.25, 0.3) is 0 Å². The van der Waals surface area contributed by atoms with E-state index in [9.17, 15) is 4.79 Å². The van der Waals surface area contributed by atoms with Crippen LogP contribution in [0, 0.1) is 0 Å². The van der Waals surface area contributed by atoms with Gasteiger partial charge in [-0.25, -0.2) is 4.79 Å². The summed E-state index contributed by atoms with van der Waals surface area (Å²) in [4.78, 5) is 14.1. The Kier molecular flexibility index (Phi) is 4.42. The maximum absolute atomic E-state index is 12.1. The van der Waals surface area contributed by atoms with Crippen LogP contribution in [0.4, 0.5) is 5.69 Å². The predicted octanol–water partition coefficient (Wildman–Crippen LogP) is 2.07. The van der Waals surface area contributed by atoms with E-state index in [2.05, 4.69) is 4.90 Å². The Morgan fingerprint density at radius 1 is 1.52 bits per heavy atom. The molecule has 116 valence electrons. The Hall–Kier alpha value is -1.75. The molecule has 0 radical (unpaired) electrons. The van der Waals surface area contributed by atoms with Crippen LogP contribution in [0.1, 0.15) is 32.8 Å². The quantitative estimate of drug-likeness (QED) is 0.861. The number of fused-ring (bicyclic) bond motifs is 1. The van der Waals surface area contributed by atoms with E-state index in [4.69, 9.17) is 15.2 Å². The maximum Gasteiger partial charge on any atom is 0.328 e. The molecule has 0 saturated carbocycles. The van der Waals surface area contributed by atoms with E-state index >= 15 is 0 Å². The van der Waals surface area contributed by atoms with Crippen molar-refractivity contribution >= 4 is 11.7 Å². The lowest BCUT2D eigenvalue weighted by atomic mass is 10.0. The van der Waals surface area contributed by atoms with Crippen molar-refractivity contribution in [1.82, 2.24) is 0 Å². The number of carbonyl (C=O) groups excluding carboxylic acids is 1. The monoisotopic (exact) mass is 292 g/mol. The smallest absolute Gasteiger partial charge is 0.328 e. The highest BCUT2D eigenvalue weighted by Crippen LogP contribution is 2.39. The fraction of sp³-hybridized carbons (Fsp3) is 0.562. The van der Waals surface area contributed by atoms with Gasteiger partial charge in [0.1, 0.15) is 17.4 Å². The predicted molar refractivity (Wildman–Crippen MR) is 82.5 cm³/mol. The third-order valence-electron chi connectivity index (χ3n) is 3.74. The molecule has 0 spiro atoms. The lowest BCUT2D eigenvalue weighted by molar-refractivity contribution is -0.142. The van der Waals surface area contributed by atoms with Crippen molar-refractivity contribution < 1.29 is 14.3 Å². The molecule has 1 aromatic carbocycles. The van der Waals surface area contributed by atoms with Gasteiger partial charge in [-0.15, -0.1) is 0 Å². The van der Waals surface area contributed by atoms with E-state index in [0.29, 0.717) is 19.5 Å². The first kappa shape index (κ1) is 15.6. The van der Waals surface area contributed by atoms with Gasteiger partial charge in [0.15, 0.2) is 0 Å². The van der Waals surface area contributed by atoms with Crippen molar-refractivity contribution in [2.45, 2.75) is 45.4 Å². The largest absolute Gasteiger partial charge is 0.484 e. The molecule has 1 aromatic rings. The van der Waals surface area contributed by atoms with Gasteiger partial charge in [0.05, 0.1) is 19.3 Å². The summed E-state index contributed by atoms with van der Waals surface area (Å²) in [5.41, 5.74) is 7.26. The second kappa shape index (κ2) is 5.93. The molecule has 1 heterocycles. The number of nitrogens with zero attached hydrogens (tertiary/aromatic N) is 1. The number of anilines is 1. The molecule has 0 aromatic heterocycles. The molecule has 1 atom stereocenters. The van der Waals surface area contributed by atoms with E-state index in [1.54, 1.807) is 0 Å². The molecule has 1 aliphatic heterocycles. The van der Waals surface area contributed by atoms with Gasteiger partial charge < -0.3 is 20.1 Å². The Morgan fingerprint density at radius 2 is 2.24 bits per heavy atom. The van der Waals surface area contributed by atoms with Crippen LogP contribution in [0.3, 0.4) is 0 Å². The molecular formula is C16H24N2O3. The molecule has 1 aliphatic rings. The number of ether oxygens (including phenoxy) is 2. The van der Waals surface area contributed by atoms with Crippen LogP contribution in [0.2, 0.25) is 0 Å². The minimum atomic E-state index is -0.373. The maximum atomic E-state index is 12.1. The molecule has 2 rings (SSSR count). The Labute approximate surface area is 126 Å². The number of rotatable bonds is 4. The van der Waals surface area contributed by atoms with E-state index in [0.717, 1.165) is 17.0 Å². The van der Waals surface area contributed by atoms with Crippen LogP contribution in [0.25, 0.3) is 0 Å². The molecule has 2 N–H and O–H groups in total. The number of hydrogen-bond acceptors (Lipinski definition) is 5. The number of benzene rings is 1. The van der Waals surface area contributed by atoms with Crippen LogP contribution < -0.4 is 15.4 Å². The summed E-state index contributed by atoms with van der Waals surface area (Å²) in [6, 6.07) is 5.59. The zero-order chi connectivity index (χ0) is 15.6. The summed E-state index contributed by atoms with van der Waals surface area (Å²) in [5, 5.41) is 0. The SMILES string of the molecule is CCC(C(=O)OC)N1CC(C)(C)Oc2cc(CN)ccc21. The zero-order valence-electron chi connectivity index (χ0n) is 13.2. The third kappa shape index (κ3) is 3.13. The number of nitrogens with two attached hydrogens (primary N) is 1. The average molecular weight is 292 g/mol. The second-order valence-corrected chi connectivity index (χ2v) is 5.94. The van der Waals surface area contributed by atoms with Crippen molar-refractivity contribution in [3.8, 4) is 5.75 Å². The highest BCUT2D eigenvalue weighted by atomic mass is 16.5.